The number of ether oxygens (including phenoxy) is 1. The molecule has 1 aliphatic rings. The molecule has 1 heterocycles. The number of morpholine rings is 1. The van der Waals surface area contributed by atoms with E-state index in [0.29, 0.717) is 18.7 Å². The van der Waals surface area contributed by atoms with Gasteiger partial charge in [0.15, 0.2) is 0 Å². The largest absolute Gasteiger partial charge is 0.373 e. The molecule has 2 unspecified atom stereocenters. The second-order valence-electron chi connectivity index (χ2n) is 7.07. The van der Waals surface area contributed by atoms with Crippen molar-refractivity contribution in [3.8, 4) is 0 Å². The van der Waals surface area contributed by atoms with Gasteiger partial charge >= 0.3 is 0 Å². The van der Waals surface area contributed by atoms with E-state index in [2.05, 4.69) is 5.32 Å². The van der Waals surface area contributed by atoms with E-state index < -0.39 is 10.0 Å². The van der Waals surface area contributed by atoms with Crippen molar-refractivity contribution in [3.05, 3.63) is 59.7 Å². The number of para-hydroxylation sites is 1. The van der Waals surface area contributed by atoms with Crippen LogP contribution in [-0.4, -0.2) is 43.9 Å². The Kier molecular flexibility index (Phi) is 6.17. The number of carbonyl (C=O) groups excluding carboxylic acids is 1. The maximum Gasteiger partial charge on any atom is 0.255 e. The Bertz CT molecular complexity index is 948. The second kappa shape index (κ2) is 8.43. The number of carbonyl (C=O) groups is 1. The molecule has 150 valence electrons. The van der Waals surface area contributed by atoms with Crippen molar-refractivity contribution >= 4 is 21.6 Å². The second-order valence-corrected chi connectivity index (χ2v) is 9.01. The van der Waals surface area contributed by atoms with Gasteiger partial charge in [-0.05, 0) is 50.1 Å². The van der Waals surface area contributed by atoms with Gasteiger partial charge in [0.05, 0.1) is 17.1 Å². The van der Waals surface area contributed by atoms with Gasteiger partial charge in [0.1, 0.15) is 0 Å². The molecule has 0 bridgehead atoms. The molecule has 1 saturated heterocycles. The third-order valence-electron chi connectivity index (χ3n) is 4.77. The SMILES string of the molecule is CCc1ccccc1NC(=O)c1cccc(S(=O)(=O)N2CC(C)OC(C)C2)c1. The summed E-state index contributed by atoms with van der Waals surface area (Å²) in [5.41, 5.74) is 2.07. The minimum Gasteiger partial charge on any atom is -0.373 e. The Labute approximate surface area is 166 Å². The van der Waals surface area contributed by atoms with Crippen LogP contribution in [0.15, 0.2) is 53.4 Å². The molecular formula is C21H26N2O4S. The van der Waals surface area contributed by atoms with Crippen molar-refractivity contribution in [2.75, 3.05) is 18.4 Å². The number of nitrogens with one attached hydrogen (secondary N) is 1. The normalized spacial score (nSPS) is 20.7. The predicted molar refractivity (Wildman–Crippen MR) is 109 cm³/mol. The van der Waals surface area contributed by atoms with E-state index in [4.69, 9.17) is 4.74 Å². The highest BCUT2D eigenvalue weighted by atomic mass is 32.2. The summed E-state index contributed by atoms with van der Waals surface area (Å²) in [7, 11) is -3.70. The van der Waals surface area contributed by atoms with Crippen LogP contribution in [0.4, 0.5) is 5.69 Å². The fourth-order valence-electron chi connectivity index (χ4n) is 3.42. The lowest BCUT2D eigenvalue weighted by molar-refractivity contribution is -0.0440. The molecule has 7 heteroatoms. The van der Waals surface area contributed by atoms with Crippen LogP contribution < -0.4 is 5.32 Å². The first-order chi connectivity index (χ1) is 13.3. The summed E-state index contributed by atoms with van der Waals surface area (Å²) in [6, 6.07) is 13.8. The molecule has 3 rings (SSSR count). The zero-order valence-corrected chi connectivity index (χ0v) is 17.2. The lowest BCUT2D eigenvalue weighted by Crippen LogP contribution is -2.48. The van der Waals surface area contributed by atoms with Crippen LogP contribution in [0.2, 0.25) is 0 Å². The standard InChI is InChI=1S/C21H26N2O4S/c1-4-17-8-5-6-11-20(17)22-21(24)18-9-7-10-19(12-18)28(25,26)23-13-15(2)27-16(3)14-23/h5-12,15-16H,4,13-14H2,1-3H3,(H,22,24). The first-order valence-electron chi connectivity index (χ1n) is 9.46. The van der Waals surface area contributed by atoms with Crippen LogP contribution in [0, 0.1) is 0 Å². The van der Waals surface area contributed by atoms with E-state index in [1.165, 1.54) is 16.4 Å². The summed E-state index contributed by atoms with van der Waals surface area (Å²) in [5, 5.41) is 2.88. The van der Waals surface area contributed by atoms with E-state index in [1.807, 2.05) is 45.0 Å². The highest BCUT2D eigenvalue weighted by molar-refractivity contribution is 7.89. The third-order valence-corrected chi connectivity index (χ3v) is 6.59. The monoisotopic (exact) mass is 402 g/mol. The summed E-state index contributed by atoms with van der Waals surface area (Å²) in [6.07, 6.45) is 0.448. The van der Waals surface area contributed by atoms with Gasteiger partial charge in [0, 0.05) is 24.3 Å². The van der Waals surface area contributed by atoms with E-state index in [9.17, 15) is 13.2 Å². The van der Waals surface area contributed by atoms with E-state index in [1.54, 1.807) is 12.1 Å². The smallest absolute Gasteiger partial charge is 0.255 e. The maximum atomic E-state index is 13.1. The number of aryl methyl sites for hydroxylation is 1. The zero-order chi connectivity index (χ0) is 20.3. The van der Waals surface area contributed by atoms with Gasteiger partial charge < -0.3 is 10.1 Å². The zero-order valence-electron chi connectivity index (χ0n) is 16.4. The van der Waals surface area contributed by atoms with Crippen molar-refractivity contribution in [3.63, 3.8) is 0 Å². The van der Waals surface area contributed by atoms with Crippen LogP contribution in [0.3, 0.4) is 0 Å². The average Bonchev–Trinajstić information content (AvgIpc) is 2.67. The van der Waals surface area contributed by atoms with Crippen molar-refractivity contribution in [2.45, 2.75) is 44.3 Å². The van der Waals surface area contributed by atoms with Gasteiger partial charge in [0.25, 0.3) is 5.91 Å². The summed E-state index contributed by atoms with van der Waals surface area (Å²) in [5.74, 6) is -0.332. The molecule has 0 radical (unpaired) electrons. The fourth-order valence-corrected chi connectivity index (χ4v) is 5.06. The van der Waals surface area contributed by atoms with Crippen LogP contribution in [0.5, 0.6) is 0 Å². The Morgan fingerprint density at radius 1 is 1.11 bits per heavy atom. The first-order valence-corrected chi connectivity index (χ1v) is 10.9. The van der Waals surface area contributed by atoms with Gasteiger partial charge in [-0.25, -0.2) is 8.42 Å². The number of nitrogens with zero attached hydrogens (tertiary/aromatic N) is 1. The molecule has 0 aromatic heterocycles. The number of hydrogen-bond donors (Lipinski definition) is 1. The number of sulfonamides is 1. The van der Waals surface area contributed by atoms with Gasteiger partial charge in [-0.1, -0.05) is 31.2 Å². The number of amides is 1. The minimum absolute atomic E-state index is 0.116. The molecule has 2 aromatic rings. The fraction of sp³-hybridized carbons (Fsp3) is 0.381. The molecule has 0 spiro atoms. The Balaban J connectivity index is 1.84. The molecule has 0 aliphatic carbocycles. The molecule has 28 heavy (non-hydrogen) atoms. The number of rotatable bonds is 5. The summed E-state index contributed by atoms with van der Waals surface area (Å²) in [6.45, 7) is 6.32. The third kappa shape index (κ3) is 4.43. The van der Waals surface area contributed by atoms with E-state index in [-0.39, 0.29) is 23.0 Å². The Morgan fingerprint density at radius 2 is 1.79 bits per heavy atom. The van der Waals surface area contributed by atoms with E-state index >= 15 is 0 Å². The van der Waals surface area contributed by atoms with Crippen LogP contribution in [-0.2, 0) is 21.2 Å². The lowest BCUT2D eigenvalue weighted by Gasteiger charge is -2.34. The van der Waals surface area contributed by atoms with Crippen molar-refractivity contribution in [1.82, 2.24) is 4.31 Å². The molecule has 6 nitrogen and oxygen atoms in total. The van der Waals surface area contributed by atoms with E-state index in [0.717, 1.165) is 17.7 Å². The van der Waals surface area contributed by atoms with Crippen LogP contribution in [0.25, 0.3) is 0 Å². The Hall–Kier alpha value is -2.22. The number of hydrogen-bond acceptors (Lipinski definition) is 4. The van der Waals surface area contributed by atoms with Crippen molar-refractivity contribution in [1.29, 1.82) is 0 Å². The maximum absolute atomic E-state index is 13.1. The minimum atomic E-state index is -3.70. The molecule has 1 amide bonds. The summed E-state index contributed by atoms with van der Waals surface area (Å²) >= 11 is 0. The lowest BCUT2D eigenvalue weighted by atomic mass is 10.1. The topological polar surface area (TPSA) is 75.7 Å². The molecule has 2 atom stereocenters. The molecular weight excluding hydrogens is 376 g/mol. The first kappa shape index (κ1) is 20.5. The molecule has 1 aliphatic heterocycles. The molecule has 1 N–H and O–H groups in total. The molecule has 1 fully saturated rings. The number of anilines is 1. The molecule has 2 aromatic carbocycles. The van der Waals surface area contributed by atoms with Gasteiger partial charge in [-0.2, -0.15) is 4.31 Å². The Morgan fingerprint density at radius 3 is 2.46 bits per heavy atom. The van der Waals surface area contributed by atoms with Crippen molar-refractivity contribution in [2.24, 2.45) is 0 Å². The van der Waals surface area contributed by atoms with Gasteiger partial charge in [0.2, 0.25) is 10.0 Å². The van der Waals surface area contributed by atoms with Crippen LogP contribution in [0.1, 0.15) is 36.7 Å². The number of benzene rings is 2. The quantitative estimate of drug-likeness (QED) is 0.833. The average molecular weight is 403 g/mol. The highest BCUT2D eigenvalue weighted by Gasteiger charge is 2.32. The summed E-state index contributed by atoms with van der Waals surface area (Å²) < 4.78 is 33.2. The highest BCUT2D eigenvalue weighted by Crippen LogP contribution is 2.23. The van der Waals surface area contributed by atoms with Gasteiger partial charge in [-0.3, -0.25) is 4.79 Å². The van der Waals surface area contributed by atoms with Crippen molar-refractivity contribution < 1.29 is 17.9 Å². The van der Waals surface area contributed by atoms with Crippen LogP contribution >= 0.6 is 0 Å². The van der Waals surface area contributed by atoms with Gasteiger partial charge in [-0.15, -0.1) is 0 Å². The predicted octanol–water partition coefficient (Wildman–Crippen LogP) is 3.30. The summed E-state index contributed by atoms with van der Waals surface area (Å²) in [4.78, 5) is 12.8. The molecule has 0 saturated carbocycles.